The first kappa shape index (κ1) is 15.4. The average molecular weight is 322 g/mol. The van der Waals surface area contributed by atoms with Gasteiger partial charge in [0, 0.05) is 11.6 Å². The van der Waals surface area contributed by atoms with Crippen LogP contribution >= 0.6 is 23.2 Å². The normalized spacial score (nSPS) is 10.8. The van der Waals surface area contributed by atoms with Crippen LogP contribution in [-0.2, 0) is 11.4 Å². The average Bonchev–Trinajstić information content (AvgIpc) is 2.47. The summed E-state index contributed by atoms with van der Waals surface area (Å²) in [5, 5.41) is 0.991. The first-order valence-corrected chi connectivity index (χ1v) is 6.95. The van der Waals surface area contributed by atoms with Crippen LogP contribution in [0.3, 0.4) is 0 Å². The Hall–Kier alpha value is -1.97. The molecule has 0 saturated heterocycles. The Labute approximate surface area is 132 Å². The Morgan fingerprint density at radius 1 is 1.14 bits per heavy atom. The fraction of sp³-hybridized carbons (Fsp3) is 0.0625. The molecule has 0 aliphatic rings. The van der Waals surface area contributed by atoms with Crippen molar-refractivity contribution in [2.45, 2.75) is 6.61 Å². The molecular weight excluding hydrogens is 309 g/mol. The fourth-order valence-electron chi connectivity index (χ4n) is 1.71. The van der Waals surface area contributed by atoms with Crippen LogP contribution in [0.5, 0.6) is 5.75 Å². The van der Waals surface area contributed by atoms with E-state index in [1.165, 1.54) is 6.08 Å². The van der Waals surface area contributed by atoms with Gasteiger partial charge in [0.2, 0.25) is 5.91 Å². The number of carbonyl (C=O) groups excluding carboxylic acids is 1. The molecule has 108 valence electrons. The smallest absolute Gasteiger partial charge is 0.241 e. The van der Waals surface area contributed by atoms with Gasteiger partial charge in [0.05, 0.1) is 10.0 Å². The molecule has 0 atom stereocenters. The molecule has 0 heterocycles. The topological polar surface area (TPSA) is 52.3 Å². The molecule has 3 nitrogen and oxygen atoms in total. The number of carbonyl (C=O) groups is 1. The third kappa shape index (κ3) is 4.52. The summed E-state index contributed by atoms with van der Waals surface area (Å²) in [6.07, 6.45) is 2.91. The number of para-hydroxylation sites is 1. The summed E-state index contributed by atoms with van der Waals surface area (Å²) in [6, 6.07) is 12.7. The molecule has 0 aromatic heterocycles. The molecule has 2 rings (SSSR count). The van der Waals surface area contributed by atoms with Gasteiger partial charge >= 0.3 is 0 Å². The fourth-order valence-corrected chi connectivity index (χ4v) is 2.03. The number of ether oxygens (including phenoxy) is 1. The number of amides is 1. The van der Waals surface area contributed by atoms with E-state index in [2.05, 4.69) is 0 Å². The number of primary amides is 1. The minimum Gasteiger partial charge on any atom is -0.488 e. The van der Waals surface area contributed by atoms with Crippen LogP contribution in [0.4, 0.5) is 0 Å². The quantitative estimate of drug-likeness (QED) is 0.844. The number of benzene rings is 2. The monoisotopic (exact) mass is 321 g/mol. The summed E-state index contributed by atoms with van der Waals surface area (Å²) in [7, 11) is 0. The van der Waals surface area contributed by atoms with Crippen LogP contribution in [0.15, 0.2) is 48.5 Å². The van der Waals surface area contributed by atoms with Crippen molar-refractivity contribution in [2.75, 3.05) is 0 Å². The van der Waals surface area contributed by atoms with Gasteiger partial charge in [0.15, 0.2) is 0 Å². The number of hydrogen-bond acceptors (Lipinski definition) is 2. The molecule has 21 heavy (non-hydrogen) atoms. The van der Waals surface area contributed by atoms with Crippen LogP contribution in [0.1, 0.15) is 11.1 Å². The predicted octanol–water partition coefficient (Wildman–Crippen LogP) is 4.07. The molecule has 0 aliphatic heterocycles. The van der Waals surface area contributed by atoms with Crippen molar-refractivity contribution in [3.63, 3.8) is 0 Å². The van der Waals surface area contributed by atoms with Crippen molar-refractivity contribution < 1.29 is 9.53 Å². The first-order chi connectivity index (χ1) is 10.1. The molecule has 5 heteroatoms. The van der Waals surface area contributed by atoms with Crippen LogP contribution in [0, 0.1) is 0 Å². The van der Waals surface area contributed by atoms with E-state index in [0.29, 0.717) is 22.4 Å². The Morgan fingerprint density at radius 2 is 1.90 bits per heavy atom. The van der Waals surface area contributed by atoms with Gasteiger partial charge in [-0.15, -0.1) is 0 Å². The Balaban J connectivity index is 2.12. The van der Waals surface area contributed by atoms with Crippen molar-refractivity contribution in [3.05, 3.63) is 69.7 Å². The molecule has 2 aromatic rings. The van der Waals surface area contributed by atoms with Gasteiger partial charge < -0.3 is 10.5 Å². The Morgan fingerprint density at radius 3 is 2.62 bits per heavy atom. The summed E-state index contributed by atoms with van der Waals surface area (Å²) in [5.74, 6) is 0.148. The zero-order valence-electron chi connectivity index (χ0n) is 11.1. The zero-order valence-corrected chi connectivity index (χ0v) is 12.6. The van der Waals surface area contributed by atoms with Gasteiger partial charge in [-0.2, -0.15) is 0 Å². The third-order valence-corrected chi connectivity index (χ3v) is 3.46. The van der Waals surface area contributed by atoms with Crippen LogP contribution in [-0.4, -0.2) is 5.91 Å². The van der Waals surface area contributed by atoms with Crippen molar-refractivity contribution in [1.29, 1.82) is 0 Å². The lowest BCUT2D eigenvalue weighted by Gasteiger charge is -2.09. The molecule has 1 amide bonds. The highest BCUT2D eigenvalue weighted by Crippen LogP contribution is 2.25. The molecule has 0 fully saturated rings. The highest BCUT2D eigenvalue weighted by molar-refractivity contribution is 6.42. The lowest BCUT2D eigenvalue weighted by atomic mass is 10.2. The largest absolute Gasteiger partial charge is 0.488 e. The molecule has 0 saturated carbocycles. The highest BCUT2D eigenvalue weighted by atomic mass is 35.5. The molecule has 2 aromatic carbocycles. The number of rotatable bonds is 5. The maximum atomic E-state index is 10.8. The molecule has 0 spiro atoms. The minimum atomic E-state index is -0.505. The van der Waals surface area contributed by atoms with Crippen LogP contribution in [0.25, 0.3) is 6.08 Å². The molecule has 2 N–H and O–H groups in total. The van der Waals surface area contributed by atoms with E-state index in [-0.39, 0.29) is 0 Å². The van der Waals surface area contributed by atoms with Gasteiger partial charge in [-0.05, 0) is 29.8 Å². The van der Waals surface area contributed by atoms with Crippen molar-refractivity contribution in [2.24, 2.45) is 5.73 Å². The Kier molecular flexibility index (Phi) is 5.26. The van der Waals surface area contributed by atoms with E-state index in [1.807, 2.05) is 30.3 Å². The van der Waals surface area contributed by atoms with E-state index >= 15 is 0 Å². The number of nitrogens with two attached hydrogens (primary N) is 1. The SMILES string of the molecule is NC(=O)/C=C/c1ccccc1OCc1ccc(Cl)c(Cl)c1. The van der Waals surface area contributed by atoms with Gasteiger partial charge in [0.25, 0.3) is 0 Å². The summed E-state index contributed by atoms with van der Waals surface area (Å²) < 4.78 is 5.75. The van der Waals surface area contributed by atoms with Crippen LogP contribution < -0.4 is 10.5 Å². The van der Waals surface area contributed by atoms with E-state index < -0.39 is 5.91 Å². The summed E-state index contributed by atoms with van der Waals surface area (Å²) >= 11 is 11.8. The molecule has 0 unspecified atom stereocenters. The second kappa shape index (κ2) is 7.16. The zero-order chi connectivity index (χ0) is 15.2. The summed E-state index contributed by atoms with van der Waals surface area (Å²) in [4.78, 5) is 10.8. The van der Waals surface area contributed by atoms with Gasteiger partial charge in [-0.3, -0.25) is 4.79 Å². The second-order valence-electron chi connectivity index (χ2n) is 4.31. The van der Waals surface area contributed by atoms with Crippen molar-refractivity contribution in [1.82, 2.24) is 0 Å². The van der Waals surface area contributed by atoms with E-state index in [9.17, 15) is 4.79 Å². The van der Waals surface area contributed by atoms with Gasteiger partial charge in [-0.25, -0.2) is 0 Å². The van der Waals surface area contributed by atoms with Gasteiger partial charge in [-0.1, -0.05) is 47.5 Å². The highest BCUT2D eigenvalue weighted by Gasteiger charge is 2.03. The lowest BCUT2D eigenvalue weighted by molar-refractivity contribution is -0.113. The van der Waals surface area contributed by atoms with E-state index in [1.54, 1.807) is 18.2 Å². The maximum Gasteiger partial charge on any atom is 0.241 e. The number of halogens is 2. The molecule has 0 bridgehead atoms. The molecular formula is C16H13Cl2NO2. The summed E-state index contributed by atoms with van der Waals surface area (Å²) in [5.41, 5.74) is 6.77. The molecule has 0 radical (unpaired) electrons. The van der Waals surface area contributed by atoms with Crippen molar-refractivity contribution in [3.8, 4) is 5.75 Å². The predicted molar refractivity (Wildman–Crippen MR) is 85.5 cm³/mol. The van der Waals surface area contributed by atoms with Crippen LogP contribution in [0.2, 0.25) is 10.0 Å². The summed E-state index contributed by atoms with van der Waals surface area (Å²) in [6.45, 7) is 0.346. The molecule has 0 aliphatic carbocycles. The number of hydrogen-bond donors (Lipinski definition) is 1. The van der Waals surface area contributed by atoms with Gasteiger partial charge in [0.1, 0.15) is 12.4 Å². The maximum absolute atomic E-state index is 10.8. The Bertz CT molecular complexity index is 684. The lowest BCUT2D eigenvalue weighted by Crippen LogP contribution is -2.05. The second-order valence-corrected chi connectivity index (χ2v) is 5.13. The standard InChI is InChI=1S/C16H13Cl2NO2/c17-13-7-5-11(9-14(13)18)10-21-15-4-2-1-3-12(15)6-8-16(19)20/h1-9H,10H2,(H2,19,20)/b8-6+. The first-order valence-electron chi connectivity index (χ1n) is 6.19. The third-order valence-electron chi connectivity index (χ3n) is 2.72. The van der Waals surface area contributed by atoms with E-state index in [0.717, 1.165) is 11.1 Å². The van der Waals surface area contributed by atoms with Crippen molar-refractivity contribution >= 4 is 35.2 Å². The minimum absolute atomic E-state index is 0.346. The van der Waals surface area contributed by atoms with E-state index in [4.69, 9.17) is 33.7 Å².